The van der Waals surface area contributed by atoms with Gasteiger partial charge in [0.15, 0.2) is 0 Å². The van der Waals surface area contributed by atoms with E-state index in [0.29, 0.717) is 18.1 Å². The number of hydrogen-bond acceptors (Lipinski definition) is 4. The summed E-state index contributed by atoms with van der Waals surface area (Å²) < 4.78 is 2.03. The van der Waals surface area contributed by atoms with Crippen molar-refractivity contribution in [3.63, 3.8) is 0 Å². The minimum Gasteiger partial charge on any atom is -0.307 e. The van der Waals surface area contributed by atoms with Gasteiger partial charge in [0.2, 0.25) is 0 Å². The van der Waals surface area contributed by atoms with Crippen LogP contribution in [0.1, 0.15) is 43.4 Å². The van der Waals surface area contributed by atoms with Crippen molar-refractivity contribution in [2.45, 2.75) is 50.9 Å². The molecule has 24 heavy (non-hydrogen) atoms. The van der Waals surface area contributed by atoms with Gasteiger partial charge in [0, 0.05) is 36.4 Å². The van der Waals surface area contributed by atoms with Crippen LogP contribution < -0.4 is 16.2 Å². The molecule has 1 aromatic heterocycles. The zero-order valence-corrected chi connectivity index (χ0v) is 14.3. The van der Waals surface area contributed by atoms with E-state index in [1.54, 1.807) is 0 Å². The number of hydrazine groups is 1. The van der Waals surface area contributed by atoms with Gasteiger partial charge in [0.1, 0.15) is 0 Å². The maximum absolute atomic E-state index is 4.54. The molecule has 2 aromatic rings. The second-order valence-electron chi connectivity index (χ2n) is 7.25. The van der Waals surface area contributed by atoms with Crippen molar-refractivity contribution >= 4 is 0 Å². The third-order valence-corrected chi connectivity index (χ3v) is 5.46. The molecule has 1 saturated heterocycles. The Balaban J connectivity index is 1.34. The SMILES string of the molecule is CC(NC1CCC2NNCC2C1)c1cnn(Cc2ccccc2)c1. The van der Waals surface area contributed by atoms with E-state index in [2.05, 4.69) is 58.7 Å². The topological polar surface area (TPSA) is 53.9 Å². The molecule has 1 aromatic carbocycles. The second-order valence-corrected chi connectivity index (χ2v) is 7.25. The van der Waals surface area contributed by atoms with Gasteiger partial charge < -0.3 is 5.32 Å². The van der Waals surface area contributed by atoms with E-state index in [1.165, 1.54) is 30.4 Å². The van der Waals surface area contributed by atoms with Gasteiger partial charge in [-0.25, -0.2) is 0 Å². The molecular weight excluding hydrogens is 298 g/mol. The molecule has 3 N–H and O–H groups in total. The molecule has 2 fully saturated rings. The molecule has 0 radical (unpaired) electrons. The molecule has 1 aliphatic heterocycles. The van der Waals surface area contributed by atoms with E-state index in [4.69, 9.17) is 0 Å². The zero-order valence-electron chi connectivity index (χ0n) is 14.3. The van der Waals surface area contributed by atoms with E-state index in [9.17, 15) is 0 Å². The van der Waals surface area contributed by atoms with Crippen LogP contribution in [0.4, 0.5) is 0 Å². The quantitative estimate of drug-likeness (QED) is 0.789. The van der Waals surface area contributed by atoms with Crippen LogP contribution in [-0.4, -0.2) is 28.4 Å². The highest BCUT2D eigenvalue weighted by Crippen LogP contribution is 2.28. The van der Waals surface area contributed by atoms with Crippen LogP contribution in [0.15, 0.2) is 42.7 Å². The van der Waals surface area contributed by atoms with E-state index in [0.717, 1.165) is 19.0 Å². The lowest BCUT2D eigenvalue weighted by atomic mass is 9.82. The summed E-state index contributed by atoms with van der Waals surface area (Å²) >= 11 is 0. The molecule has 4 unspecified atom stereocenters. The summed E-state index contributed by atoms with van der Waals surface area (Å²) in [7, 11) is 0. The highest BCUT2D eigenvalue weighted by atomic mass is 15.4. The second kappa shape index (κ2) is 7.05. The van der Waals surface area contributed by atoms with Crippen molar-refractivity contribution < 1.29 is 0 Å². The van der Waals surface area contributed by atoms with Gasteiger partial charge in [-0.1, -0.05) is 30.3 Å². The minimum atomic E-state index is 0.346. The van der Waals surface area contributed by atoms with E-state index >= 15 is 0 Å². The van der Waals surface area contributed by atoms with Gasteiger partial charge in [0.05, 0.1) is 12.7 Å². The van der Waals surface area contributed by atoms with Crippen molar-refractivity contribution in [3.8, 4) is 0 Å². The summed E-state index contributed by atoms with van der Waals surface area (Å²) in [5, 5.41) is 8.35. The van der Waals surface area contributed by atoms with Crippen molar-refractivity contribution in [1.82, 2.24) is 25.9 Å². The Bertz CT molecular complexity index is 653. The Morgan fingerprint density at radius 3 is 3.04 bits per heavy atom. The van der Waals surface area contributed by atoms with Crippen LogP contribution in [0.2, 0.25) is 0 Å². The molecule has 0 spiro atoms. The third kappa shape index (κ3) is 3.53. The Hall–Kier alpha value is -1.69. The Morgan fingerprint density at radius 2 is 2.17 bits per heavy atom. The lowest BCUT2D eigenvalue weighted by Crippen LogP contribution is -2.42. The first-order chi connectivity index (χ1) is 11.8. The molecule has 4 rings (SSSR count). The fourth-order valence-electron chi connectivity index (χ4n) is 4.06. The number of aromatic nitrogens is 2. The molecule has 1 saturated carbocycles. The largest absolute Gasteiger partial charge is 0.307 e. The van der Waals surface area contributed by atoms with Gasteiger partial charge in [-0.05, 0) is 37.7 Å². The molecule has 128 valence electrons. The van der Waals surface area contributed by atoms with Crippen LogP contribution in [-0.2, 0) is 6.54 Å². The van der Waals surface area contributed by atoms with Crippen LogP contribution in [0.5, 0.6) is 0 Å². The molecular formula is C19H27N5. The predicted octanol–water partition coefficient (Wildman–Crippen LogP) is 2.23. The van der Waals surface area contributed by atoms with Gasteiger partial charge >= 0.3 is 0 Å². The molecule has 2 aliphatic rings. The zero-order chi connectivity index (χ0) is 16.4. The number of fused-ring (bicyclic) bond motifs is 1. The third-order valence-electron chi connectivity index (χ3n) is 5.46. The summed E-state index contributed by atoms with van der Waals surface area (Å²) in [6.45, 7) is 4.19. The normalized spacial score (nSPS) is 27.8. The Morgan fingerprint density at radius 1 is 1.29 bits per heavy atom. The highest BCUT2D eigenvalue weighted by molar-refractivity contribution is 5.16. The average Bonchev–Trinajstić information content (AvgIpc) is 3.24. The lowest BCUT2D eigenvalue weighted by molar-refractivity contribution is 0.258. The molecule has 2 heterocycles. The number of rotatable bonds is 5. The van der Waals surface area contributed by atoms with Gasteiger partial charge in [-0.2, -0.15) is 5.10 Å². The summed E-state index contributed by atoms with van der Waals surface area (Å²) in [6, 6.07) is 12.1. The molecule has 1 aliphatic carbocycles. The standard InChI is InChI=1S/C19H27N5/c1-14(22-18-7-8-19-16(9-18)10-20-23-19)17-11-21-24(13-17)12-15-5-3-2-4-6-15/h2-6,11,13-14,16,18-20,22-23H,7-10,12H2,1H3. The Kier molecular flexibility index (Phi) is 4.65. The Labute approximate surface area is 143 Å². The number of nitrogens with one attached hydrogen (secondary N) is 3. The van der Waals surface area contributed by atoms with Crippen molar-refractivity contribution in [3.05, 3.63) is 53.9 Å². The first kappa shape index (κ1) is 15.8. The number of nitrogens with zero attached hydrogens (tertiary/aromatic N) is 2. The summed E-state index contributed by atoms with van der Waals surface area (Å²) in [6.07, 6.45) is 7.95. The average molecular weight is 325 g/mol. The van der Waals surface area contributed by atoms with Crippen LogP contribution >= 0.6 is 0 Å². The summed E-state index contributed by atoms with van der Waals surface area (Å²) in [5.74, 6) is 0.768. The van der Waals surface area contributed by atoms with Crippen molar-refractivity contribution in [2.75, 3.05) is 6.54 Å². The molecule has 0 amide bonds. The van der Waals surface area contributed by atoms with Gasteiger partial charge in [0.25, 0.3) is 0 Å². The van der Waals surface area contributed by atoms with E-state index in [-0.39, 0.29) is 0 Å². The summed E-state index contributed by atoms with van der Waals surface area (Å²) in [4.78, 5) is 0. The highest BCUT2D eigenvalue weighted by Gasteiger charge is 2.34. The fourth-order valence-corrected chi connectivity index (χ4v) is 4.06. The van der Waals surface area contributed by atoms with Crippen molar-refractivity contribution in [1.29, 1.82) is 0 Å². The fraction of sp³-hybridized carbons (Fsp3) is 0.526. The smallest absolute Gasteiger partial charge is 0.0659 e. The maximum atomic E-state index is 4.54. The summed E-state index contributed by atoms with van der Waals surface area (Å²) in [5.41, 5.74) is 9.26. The number of benzene rings is 1. The monoisotopic (exact) mass is 325 g/mol. The lowest BCUT2D eigenvalue weighted by Gasteiger charge is -2.33. The van der Waals surface area contributed by atoms with Crippen LogP contribution in [0.3, 0.4) is 0 Å². The van der Waals surface area contributed by atoms with Gasteiger partial charge in [-0.3, -0.25) is 15.5 Å². The van der Waals surface area contributed by atoms with Crippen LogP contribution in [0, 0.1) is 5.92 Å². The molecule has 5 heteroatoms. The van der Waals surface area contributed by atoms with Crippen molar-refractivity contribution in [2.24, 2.45) is 5.92 Å². The number of hydrogen-bond donors (Lipinski definition) is 3. The molecule has 4 atom stereocenters. The van der Waals surface area contributed by atoms with E-state index < -0.39 is 0 Å². The maximum Gasteiger partial charge on any atom is 0.0659 e. The van der Waals surface area contributed by atoms with Crippen LogP contribution in [0.25, 0.3) is 0 Å². The molecule has 5 nitrogen and oxygen atoms in total. The van der Waals surface area contributed by atoms with E-state index in [1.807, 2.05) is 16.9 Å². The first-order valence-electron chi connectivity index (χ1n) is 9.08. The minimum absolute atomic E-state index is 0.346. The predicted molar refractivity (Wildman–Crippen MR) is 95.4 cm³/mol. The molecule has 0 bridgehead atoms. The first-order valence-corrected chi connectivity index (χ1v) is 9.08. The van der Waals surface area contributed by atoms with Gasteiger partial charge in [-0.15, -0.1) is 0 Å².